The summed E-state index contributed by atoms with van der Waals surface area (Å²) in [4.78, 5) is 13.9. The van der Waals surface area contributed by atoms with E-state index in [1.165, 1.54) is 12.3 Å². The van der Waals surface area contributed by atoms with Gasteiger partial charge in [-0.2, -0.15) is 0 Å². The van der Waals surface area contributed by atoms with Crippen LogP contribution in [-0.4, -0.2) is 18.7 Å². The molecule has 0 saturated heterocycles. The number of rotatable bonds is 3. The second kappa shape index (κ2) is 7.53. The number of carboxylic acid groups (broad SMARTS) is 1. The third kappa shape index (κ3) is 4.06. The van der Waals surface area contributed by atoms with Crippen LogP contribution < -0.4 is 10.2 Å². The zero-order valence-corrected chi connectivity index (χ0v) is 10.7. The summed E-state index contributed by atoms with van der Waals surface area (Å²) < 4.78 is 0. The molecular weight excluding hydrogens is 298 g/mol. The van der Waals surface area contributed by atoms with Crippen LogP contribution in [0, 0.1) is 0 Å². The first-order valence-electron chi connectivity index (χ1n) is 5.07. The van der Waals surface area contributed by atoms with Crippen molar-refractivity contribution in [2.75, 3.05) is 6.54 Å². The Morgan fingerprint density at radius 1 is 1.21 bits per heavy atom. The number of benzene rings is 2. The summed E-state index contributed by atoms with van der Waals surface area (Å²) in [5, 5.41) is 23.6. The molecule has 0 amide bonds. The number of carbonyl (C=O) groups is 1. The molecule has 103 valence electrons. The van der Waals surface area contributed by atoms with Gasteiger partial charge in [-0.1, -0.05) is 42.1 Å². The molecule has 5 nitrogen and oxygen atoms in total. The van der Waals surface area contributed by atoms with Crippen LogP contribution >= 0.6 is 0 Å². The van der Waals surface area contributed by atoms with E-state index in [1.807, 2.05) is 18.2 Å². The van der Waals surface area contributed by atoms with Crippen LogP contribution in [0.1, 0.15) is 5.56 Å². The van der Waals surface area contributed by atoms with Gasteiger partial charge in [0, 0.05) is 6.21 Å². The Balaban J connectivity index is 0.00000162. The fraction of sp³-hybridized carbons (Fsp3) is 0.0769. The number of hydrogen-bond donors (Lipinski definition) is 0. The van der Waals surface area contributed by atoms with E-state index >= 15 is 0 Å². The average Bonchev–Trinajstić information content (AvgIpc) is 2.32. The molecule has 0 saturated carbocycles. The fourth-order valence-corrected chi connectivity index (χ4v) is 1.62. The van der Waals surface area contributed by atoms with E-state index in [9.17, 15) is 15.0 Å². The largest absolute Gasteiger partial charge is 2.00 e. The minimum Gasteiger partial charge on any atom is -0.872 e. The number of hydrogen-bond acceptors (Lipinski definition) is 4. The van der Waals surface area contributed by atoms with Crippen molar-refractivity contribution in [1.82, 2.24) is 0 Å². The monoisotopic (exact) mass is 309 g/mol. The maximum Gasteiger partial charge on any atom is 2.00 e. The molecule has 0 aliphatic carbocycles. The third-order valence-electron chi connectivity index (χ3n) is 2.37. The quantitative estimate of drug-likeness (QED) is 0.419. The molecule has 6 heteroatoms. The van der Waals surface area contributed by atoms with Crippen LogP contribution in [0.25, 0.3) is 10.8 Å². The van der Waals surface area contributed by atoms with Gasteiger partial charge in [0.2, 0.25) is 0 Å². The van der Waals surface area contributed by atoms with E-state index in [4.69, 9.17) is 0 Å². The first kappa shape index (κ1) is 17.1. The predicted octanol–water partition coefficient (Wildman–Crippen LogP) is -0.842. The Morgan fingerprint density at radius 2 is 1.89 bits per heavy atom. The van der Waals surface area contributed by atoms with Crippen molar-refractivity contribution in [3.05, 3.63) is 42.0 Å². The average molecular weight is 310 g/mol. The molecule has 2 aromatic carbocycles. The summed E-state index contributed by atoms with van der Waals surface area (Å²) in [5.41, 5.74) is 0.407. The Hall–Kier alpha value is -1.88. The van der Waals surface area contributed by atoms with Gasteiger partial charge in [-0.15, -0.1) is 0 Å². The predicted molar refractivity (Wildman–Crippen MR) is 65.7 cm³/mol. The molecule has 0 heterocycles. The molecule has 0 atom stereocenters. The zero-order chi connectivity index (χ0) is 12.3. The molecule has 0 bridgehead atoms. The molecule has 0 unspecified atom stereocenters. The van der Waals surface area contributed by atoms with Crippen LogP contribution in [0.5, 0.6) is 5.75 Å². The van der Waals surface area contributed by atoms with E-state index in [2.05, 4.69) is 4.99 Å². The van der Waals surface area contributed by atoms with Crippen LogP contribution in [0.15, 0.2) is 41.4 Å². The minimum atomic E-state index is -1.27. The standard InChI is InChI=1S/C13H11NO3.Cu.H2O/c15-12-6-5-9-3-1-2-4-10(9)11(12)7-14-8-13(16)17;;/h1-7,15H,8H2,(H,16,17);;1H2/q;+2;/p-1. The van der Waals surface area contributed by atoms with E-state index < -0.39 is 12.5 Å². The molecule has 3 N–H and O–H groups in total. The Morgan fingerprint density at radius 3 is 2.58 bits per heavy atom. The number of nitrogens with zero attached hydrogens (tertiary/aromatic N) is 1. The van der Waals surface area contributed by atoms with Crippen molar-refractivity contribution in [2.24, 2.45) is 4.99 Å². The Labute approximate surface area is 120 Å². The van der Waals surface area contributed by atoms with Gasteiger partial charge < -0.3 is 20.5 Å². The SMILES string of the molecule is O=C([O-])CN=Cc1c([O-])ccc2ccccc12.[Cu+2].[OH3+]. The number of aliphatic carboxylic acids is 1. The minimum absolute atomic E-state index is 0. The van der Waals surface area contributed by atoms with Gasteiger partial charge in [0.1, 0.15) is 0 Å². The molecule has 0 fully saturated rings. The Kier molecular flexibility index (Phi) is 6.79. The van der Waals surface area contributed by atoms with Crippen molar-refractivity contribution >= 4 is 23.0 Å². The molecule has 0 spiro atoms. The van der Waals surface area contributed by atoms with Gasteiger partial charge in [-0.25, -0.2) is 0 Å². The number of fused-ring (bicyclic) bond motifs is 1. The van der Waals surface area contributed by atoms with Gasteiger partial charge in [-0.05, 0) is 16.3 Å². The van der Waals surface area contributed by atoms with Crippen LogP contribution in [0.4, 0.5) is 0 Å². The van der Waals surface area contributed by atoms with Crippen LogP contribution in [0.3, 0.4) is 0 Å². The first-order valence-corrected chi connectivity index (χ1v) is 5.07. The molecule has 2 rings (SSSR count). The van der Waals surface area contributed by atoms with Crippen LogP contribution in [0.2, 0.25) is 0 Å². The summed E-state index contributed by atoms with van der Waals surface area (Å²) in [5.74, 6) is -1.44. The summed E-state index contributed by atoms with van der Waals surface area (Å²) in [6, 6.07) is 10.5. The molecule has 2 aromatic rings. The van der Waals surface area contributed by atoms with Crippen LogP contribution in [-0.2, 0) is 27.3 Å². The molecular formula is C13H12CuNO4+. The molecule has 0 aromatic heterocycles. The fourth-order valence-electron chi connectivity index (χ4n) is 1.62. The third-order valence-corrected chi connectivity index (χ3v) is 2.37. The van der Waals surface area contributed by atoms with Crippen molar-refractivity contribution in [3.63, 3.8) is 0 Å². The maximum absolute atomic E-state index is 11.7. The van der Waals surface area contributed by atoms with Gasteiger partial charge in [0.15, 0.2) is 0 Å². The van der Waals surface area contributed by atoms with E-state index in [-0.39, 0.29) is 28.3 Å². The van der Waals surface area contributed by atoms with E-state index in [0.29, 0.717) is 5.56 Å². The van der Waals surface area contributed by atoms with Gasteiger partial charge in [0.25, 0.3) is 0 Å². The topological polar surface area (TPSA) is 109 Å². The summed E-state index contributed by atoms with van der Waals surface area (Å²) >= 11 is 0. The number of carboxylic acids is 1. The van der Waals surface area contributed by atoms with Crippen molar-refractivity contribution in [2.45, 2.75) is 0 Å². The Bertz CT molecular complexity index is 598. The van der Waals surface area contributed by atoms with Gasteiger partial charge >= 0.3 is 17.1 Å². The summed E-state index contributed by atoms with van der Waals surface area (Å²) in [6.07, 6.45) is 1.29. The van der Waals surface area contributed by atoms with Gasteiger partial charge in [0.05, 0.1) is 12.5 Å². The maximum atomic E-state index is 11.7. The van der Waals surface area contributed by atoms with Gasteiger partial charge in [-0.3, -0.25) is 4.99 Å². The molecule has 1 radical (unpaired) electrons. The van der Waals surface area contributed by atoms with Crippen molar-refractivity contribution < 1.29 is 37.6 Å². The van der Waals surface area contributed by atoms with Crippen molar-refractivity contribution in [3.8, 4) is 5.75 Å². The second-order valence-corrected chi connectivity index (χ2v) is 3.54. The number of carbonyl (C=O) groups excluding carboxylic acids is 1. The van der Waals surface area contributed by atoms with E-state index in [0.717, 1.165) is 10.8 Å². The molecule has 19 heavy (non-hydrogen) atoms. The van der Waals surface area contributed by atoms with E-state index in [1.54, 1.807) is 12.1 Å². The first-order chi connectivity index (χ1) is 8.18. The van der Waals surface area contributed by atoms with Crippen molar-refractivity contribution in [1.29, 1.82) is 0 Å². The normalized spacial score (nSPS) is 9.89. The molecule has 0 aliphatic rings. The molecule has 0 aliphatic heterocycles. The smallest absolute Gasteiger partial charge is 0.872 e. The summed E-state index contributed by atoms with van der Waals surface area (Å²) in [6.45, 7) is -0.442. The number of aliphatic imine (C=N–C) groups is 1. The second-order valence-electron chi connectivity index (χ2n) is 3.54. The summed E-state index contributed by atoms with van der Waals surface area (Å²) in [7, 11) is 0. The zero-order valence-electron chi connectivity index (χ0n) is 9.80.